The van der Waals surface area contributed by atoms with Crippen LogP contribution in [0.2, 0.25) is 0 Å². The number of aromatic nitrogens is 2. The quantitative estimate of drug-likeness (QED) is 0.385. The van der Waals surface area contributed by atoms with E-state index >= 15 is 0 Å². The van der Waals surface area contributed by atoms with Crippen molar-refractivity contribution >= 4 is 45.7 Å². The number of carbonyl (C=O) groups excluding carboxylic acids is 2. The van der Waals surface area contributed by atoms with Gasteiger partial charge in [-0.3, -0.25) is 9.59 Å². The Kier molecular flexibility index (Phi) is 7.63. The predicted octanol–water partition coefficient (Wildman–Crippen LogP) is 3.47. The number of methoxy groups -OCH3 is 2. The van der Waals surface area contributed by atoms with Crippen molar-refractivity contribution in [3.05, 3.63) is 54.1 Å². The molecule has 0 aliphatic rings. The molecule has 2 N–H and O–H groups in total. The van der Waals surface area contributed by atoms with Crippen LogP contribution in [0, 0.1) is 0 Å². The van der Waals surface area contributed by atoms with Gasteiger partial charge in [-0.05, 0) is 17.7 Å². The van der Waals surface area contributed by atoms with E-state index in [1.165, 1.54) is 30.2 Å². The Morgan fingerprint density at radius 1 is 0.967 bits per heavy atom. The first-order chi connectivity index (χ1) is 14.6. The van der Waals surface area contributed by atoms with Gasteiger partial charge < -0.3 is 20.1 Å². The summed E-state index contributed by atoms with van der Waals surface area (Å²) in [5.41, 5.74) is 1.52. The molecule has 3 aromatic rings. The van der Waals surface area contributed by atoms with E-state index in [9.17, 15) is 9.59 Å². The van der Waals surface area contributed by atoms with Crippen molar-refractivity contribution in [1.29, 1.82) is 0 Å². The second-order valence-corrected chi connectivity index (χ2v) is 8.19. The van der Waals surface area contributed by atoms with E-state index in [1.807, 2.05) is 30.3 Å². The second kappa shape index (κ2) is 10.6. The van der Waals surface area contributed by atoms with Crippen LogP contribution in [0.5, 0.6) is 11.5 Å². The van der Waals surface area contributed by atoms with Gasteiger partial charge in [0.15, 0.2) is 15.8 Å². The normalized spacial score (nSPS) is 10.3. The van der Waals surface area contributed by atoms with E-state index in [0.29, 0.717) is 26.7 Å². The van der Waals surface area contributed by atoms with Crippen LogP contribution < -0.4 is 20.1 Å². The highest BCUT2D eigenvalue weighted by Gasteiger charge is 2.12. The molecular weight excluding hydrogens is 424 g/mol. The Balaban J connectivity index is 1.48. The van der Waals surface area contributed by atoms with Gasteiger partial charge in [0, 0.05) is 11.8 Å². The second-order valence-electron chi connectivity index (χ2n) is 5.99. The molecule has 0 unspecified atom stereocenters. The van der Waals surface area contributed by atoms with Gasteiger partial charge in [-0.25, -0.2) is 0 Å². The lowest BCUT2D eigenvalue weighted by atomic mass is 10.1. The third-order valence-corrected chi connectivity index (χ3v) is 5.83. The van der Waals surface area contributed by atoms with Crippen molar-refractivity contribution in [2.24, 2.45) is 0 Å². The van der Waals surface area contributed by atoms with Crippen LogP contribution >= 0.6 is 23.1 Å². The van der Waals surface area contributed by atoms with Gasteiger partial charge in [-0.2, -0.15) is 0 Å². The first-order valence-corrected chi connectivity index (χ1v) is 10.7. The van der Waals surface area contributed by atoms with Crippen molar-refractivity contribution in [2.75, 3.05) is 30.6 Å². The lowest BCUT2D eigenvalue weighted by Gasteiger charge is -2.10. The van der Waals surface area contributed by atoms with Gasteiger partial charge in [-0.15, -0.1) is 10.2 Å². The highest BCUT2D eigenvalue weighted by atomic mass is 32.2. The zero-order valence-corrected chi connectivity index (χ0v) is 18.0. The summed E-state index contributed by atoms with van der Waals surface area (Å²) in [6.45, 7) is 0. The minimum absolute atomic E-state index is 0.154. The average Bonchev–Trinajstić information content (AvgIpc) is 3.20. The Morgan fingerprint density at radius 3 is 2.47 bits per heavy atom. The summed E-state index contributed by atoms with van der Waals surface area (Å²) >= 11 is 2.47. The topological polar surface area (TPSA) is 102 Å². The Morgan fingerprint density at radius 2 is 1.73 bits per heavy atom. The Bertz CT molecular complexity index is 1010. The SMILES string of the molecule is COc1ccc(NC(=O)CSc2nnc(NC(=O)Cc3ccccc3)s2)cc1OC. The molecule has 2 amide bonds. The van der Waals surface area contributed by atoms with Crippen LogP contribution in [0.3, 0.4) is 0 Å². The average molecular weight is 445 g/mol. The van der Waals surface area contributed by atoms with Crippen LogP contribution in [-0.4, -0.2) is 42.0 Å². The molecule has 0 aliphatic carbocycles. The number of thioether (sulfide) groups is 1. The minimum Gasteiger partial charge on any atom is -0.493 e. The standard InChI is InChI=1S/C20H20N4O4S2/c1-27-15-9-8-14(11-16(15)28-2)21-18(26)12-29-20-24-23-19(30-20)22-17(25)10-13-6-4-3-5-7-13/h3-9,11H,10,12H2,1-2H3,(H,21,26)(H,22,23,25). The van der Waals surface area contributed by atoms with Crippen LogP contribution in [0.1, 0.15) is 5.56 Å². The van der Waals surface area contributed by atoms with E-state index < -0.39 is 0 Å². The first-order valence-electron chi connectivity index (χ1n) is 8.89. The minimum atomic E-state index is -0.197. The maximum absolute atomic E-state index is 12.2. The number of ether oxygens (including phenoxy) is 2. The molecule has 3 rings (SSSR count). The fourth-order valence-electron chi connectivity index (χ4n) is 2.50. The first kappa shape index (κ1) is 21.6. The summed E-state index contributed by atoms with van der Waals surface area (Å²) in [4.78, 5) is 24.3. The van der Waals surface area contributed by atoms with Gasteiger partial charge in [0.1, 0.15) is 0 Å². The molecule has 10 heteroatoms. The molecular formula is C20H20N4O4S2. The molecule has 1 heterocycles. The summed E-state index contributed by atoms with van der Waals surface area (Å²) in [6, 6.07) is 14.6. The molecule has 2 aromatic carbocycles. The van der Waals surface area contributed by atoms with Crippen molar-refractivity contribution in [3.63, 3.8) is 0 Å². The van der Waals surface area contributed by atoms with Gasteiger partial charge in [0.25, 0.3) is 0 Å². The van der Waals surface area contributed by atoms with Crippen molar-refractivity contribution < 1.29 is 19.1 Å². The summed E-state index contributed by atoms with van der Waals surface area (Å²) in [7, 11) is 3.08. The summed E-state index contributed by atoms with van der Waals surface area (Å²) < 4.78 is 11.0. The fourth-order valence-corrected chi connectivity index (χ4v) is 4.07. The van der Waals surface area contributed by atoms with Crippen molar-refractivity contribution in [1.82, 2.24) is 10.2 Å². The van der Waals surface area contributed by atoms with Gasteiger partial charge in [0.05, 0.1) is 26.4 Å². The summed E-state index contributed by atoms with van der Waals surface area (Å²) in [5, 5.41) is 13.9. The third kappa shape index (κ3) is 6.19. The number of rotatable bonds is 9. The smallest absolute Gasteiger partial charge is 0.234 e. The molecule has 8 nitrogen and oxygen atoms in total. The number of carbonyl (C=O) groups is 2. The van der Waals surface area contributed by atoms with Crippen molar-refractivity contribution in [2.45, 2.75) is 10.8 Å². The molecule has 0 bridgehead atoms. The molecule has 0 radical (unpaired) electrons. The van der Waals surface area contributed by atoms with E-state index in [2.05, 4.69) is 20.8 Å². The number of nitrogens with zero attached hydrogens (tertiary/aromatic N) is 2. The van der Waals surface area contributed by atoms with Gasteiger partial charge in [0.2, 0.25) is 16.9 Å². The molecule has 30 heavy (non-hydrogen) atoms. The summed E-state index contributed by atoms with van der Waals surface area (Å²) in [6.07, 6.45) is 0.261. The molecule has 0 saturated heterocycles. The molecule has 0 saturated carbocycles. The van der Waals surface area contributed by atoms with Crippen LogP contribution in [0.25, 0.3) is 0 Å². The number of amides is 2. The highest BCUT2D eigenvalue weighted by Crippen LogP contribution is 2.30. The maximum Gasteiger partial charge on any atom is 0.234 e. The molecule has 156 valence electrons. The molecule has 0 spiro atoms. The van der Waals surface area contributed by atoms with Gasteiger partial charge >= 0.3 is 0 Å². The largest absolute Gasteiger partial charge is 0.493 e. The lowest BCUT2D eigenvalue weighted by molar-refractivity contribution is -0.115. The fraction of sp³-hybridized carbons (Fsp3) is 0.200. The third-order valence-electron chi connectivity index (χ3n) is 3.85. The number of anilines is 2. The van der Waals surface area contributed by atoms with Gasteiger partial charge in [-0.1, -0.05) is 53.4 Å². The monoisotopic (exact) mass is 444 g/mol. The zero-order valence-electron chi connectivity index (χ0n) is 16.4. The zero-order chi connectivity index (χ0) is 21.3. The molecule has 0 fully saturated rings. The summed E-state index contributed by atoms with van der Waals surface area (Å²) in [5.74, 6) is 0.904. The van der Waals surface area contributed by atoms with E-state index in [4.69, 9.17) is 9.47 Å². The number of benzene rings is 2. The van der Waals surface area contributed by atoms with Crippen LogP contribution in [-0.2, 0) is 16.0 Å². The maximum atomic E-state index is 12.2. The van der Waals surface area contributed by atoms with E-state index in [1.54, 1.807) is 25.3 Å². The lowest BCUT2D eigenvalue weighted by Crippen LogP contribution is -2.14. The molecule has 0 aliphatic heterocycles. The van der Waals surface area contributed by atoms with E-state index in [-0.39, 0.29) is 24.0 Å². The highest BCUT2D eigenvalue weighted by molar-refractivity contribution is 8.01. The Hall–Kier alpha value is -3.11. The van der Waals surface area contributed by atoms with Crippen LogP contribution in [0.15, 0.2) is 52.9 Å². The Labute approximate surface area is 182 Å². The molecule has 0 atom stereocenters. The molecule has 1 aromatic heterocycles. The number of hydrogen-bond donors (Lipinski definition) is 2. The van der Waals surface area contributed by atoms with Crippen LogP contribution in [0.4, 0.5) is 10.8 Å². The number of nitrogens with one attached hydrogen (secondary N) is 2. The van der Waals surface area contributed by atoms with Crippen molar-refractivity contribution in [3.8, 4) is 11.5 Å². The van der Waals surface area contributed by atoms with E-state index in [0.717, 1.165) is 5.56 Å². The predicted molar refractivity (Wildman–Crippen MR) is 118 cm³/mol. The number of hydrogen-bond acceptors (Lipinski definition) is 8.